The van der Waals surface area contributed by atoms with E-state index in [4.69, 9.17) is 0 Å². The second-order valence-corrected chi connectivity index (χ2v) is 13.5. The summed E-state index contributed by atoms with van der Waals surface area (Å²) in [5, 5.41) is 24.8. The predicted octanol–water partition coefficient (Wildman–Crippen LogP) is 5.51. The number of carbonyl (C=O) groups excluding carboxylic acids is 2. The first-order valence-electron chi connectivity index (χ1n) is 16.4. The molecule has 1 aliphatic heterocycles. The third kappa shape index (κ3) is 6.65. The van der Waals surface area contributed by atoms with Crippen molar-refractivity contribution in [3.8, 4) is 11.3 Å². The third-order valence-corrected chi connectivity index (χ3v) is 9.38. The highest BCUT2D eigenvalue weighted by molar-refractivity contribution is 9.10. The van der Waals surface area contributed by atoms with E-state index in [-0.39, 0.29) is 11.8 Å². The van der Waals surface area contributed by atoms with Gasteiger partial charge in [0.05, 0.1) is 25.5 Å². The van der Waals surface area contributed by atoms with Gasteiger partial charge in [0.15, 0.2) is 11.5 Å². The lowest BCUT2D eigenvalue weighted by atomic mass is 10.1. The van der Waals surface area contributed by atoms with Gasteiger partial charge in [0, 0.05) is 52.2 Å². The molecule has 13 nitrogen and oxygen atoms in total. The zero-order chi connectivity index (χ0) is 35.1. The molecule has 4 aromatic heterocycles. The molecule has 3 aromatic carbocycles. The molecule has 0 aliphatic carbocycles. The van der Waals surface area contributed by atoms with Gasteiger partial charge in [-0.15, -0.1) is 15.3 Å². The van der Waals surface area contributed by atoms with Gasteiger partial charge in [-0.25, -0.2) is 14.2 Å². The van der Waals surface area contributed by atoms with Crippen LogP contribution in [0, 0.1) is 13.8 Å². The van der Waals surface area contributed by atoms with E-state index < -0.39 is 0 Å². The maximum Gasteiger partial charge on any atom is 0.261 e. The Kier molecular flexibility index (Phi) is 8.44. The maximum absolute atomic E-state index is 13.6. The molecular weight excluding hydrogens is 710 g/mol. The summed E-state index contributed by atoms with van der Waals surface area (Å²) in [4.78, 5) is 33.0. The Morgan fingerprint density at radius 2 is 1.73 bits per heavy atom. The number of nitrogens with one attached hydrogen (secondary N) is 1. The van der Waals surface area contributed by atoms with Crippen LogP contribution in [0.5, 0.6) is 0 Å². The molecule has 5 heterocycles. The van der Waals surface area contributed by atoms with Crippen molar-refractivity contribution in [2.45, 2.75) is 39.9 Å². The van der Waals surface area contributed by atoms with Crippen LogP contribution in [0.25, 0.3) is 16.9 Å². The second-order valence-electron chi connectivity index (χ2n) is 12.6. The van der Waals surface area contributed by atoms with E-state index in [0.29, 0.717) is 60.8 Å². The van der Waals surface area contributed by atoms with Gasteiger partial charge in [-0.2, -0.15) is 5.10 Å². The molecule has 7 aromatic rings. The van der Waals surface area contributed by atoms with Gasteiger partial charge in [-0.05, 0) is 67.4 Å². The Morgan fingerprint density at radius 3 is 2.57 bits per heavy atom. The van der Waals surface area contributed by atoms with Crippen LogP contribution >= 0.6 is 15.9 Å². The number of aryl methyl sites for hydroxylation is 2. The van der Waals surface area contributed by atoms with Crippen LogP contribution in [-0.4, -0.2) is 67.6 Å². The minimum absolute atomic E-state index is 0.0471. The maximum atomic E-state index is 13.6. The molecule has 1 N–H and O–H groups in total. The molecule has 0 spiro atoms. The first kappa shape index (κ1) is 32.2. The van der Waals surface area contributed by atoms with Gasteiger partial charge >= 0.3 is 0 Å². The Labute approximate surface area is 301 Å². The third-order valence-electron chi connectivity index (χ3n) is 8.89. The number of anilines is 1. The monoisotopic (exact) mass is 741 g/mol. The molecule has 51 heavy (non-hydrogen) atoms. The SMILES string of the molecule is Cc1cc(C)n2ncc(C(=O)Nc3ccc(-c4cn(Cc5cccc(C(=O)N6CCn7c(Cc8cccc(Br)c8)nnc7C6)c5)nn4)cc3)c2n1. The van der Waals surface area contributed by atoms with Gasteiger partial charge in [0.1, 0.15) is 17.1 Å². The molecule has 254 valence electrons. The number of hydrogen-bond donors (Lipinski definition) is 1. The minimum atomic E-state index is -0.285. The number of fused-ring (bicyclic) bond motifs is 2. The second kappa shape index (κ2) is 13.4. The zero-order valence-corrected chi connectivity index (χ0v) is 29.4. The fourth-order valence-corrected chi connectivity index (χ4v) is 6.83. The zero-order valence-electron chi connectivity index (χ0n) is 27.9. The first-order valence-corrected chi connectivity index (χ1v) is 17.2. The van der Waals surface area contributed by atoms with Crippen molar-refractivity contribution in [3.05, 3.63) is 141 Å². The highest BCUT2D eigenvalue weighted by atomic mass is 79.9. The Bertz CT molecular complexity index is 2430. The lowest BCUT2D eigenvalue weighted by Crippen LogP contribution is -2.38. The van der Waals surface area contributed by atoms with E-state index in [1.165, 1.54) is 6.20 Å². The number of amides is 2. The summed E-state index contributed by atoms with van der Waals surface area (Å²) in [5.41, 5.74) is 7.52. The fourth-order valence-electron chi connectivity index (χ4n) is 6.39. The van der Waals surface area contributed by atoms with Gasteiger partial charge < -0.3 is 14.8 Å². The number of halogens is 1. The first-order chi connectivity index (χ1) is 24.8. The Hall–Kier alpha value is -6.02. The van der Waals surface area contributed by atoms with Crippen LogP contribution in [-0.2, 0) is 26.1 Å². The minimum Gasteiger partial charge on any atom is -0.329 e. The summed E-state index contributed by atoms with van der Waals surface area (Å²) in [6.45, 7) is 5.89. The van der Waals surface area contributed by atoms with E-state index in [1.807, 2.05) is 91.7 Å². The van der Waals surface area contributed by atoms with Gasteiger partial charge in [-0.3, -0.25) is 9.59 Å². The van der Waals surface area contributed by atoms with Crippen LogP contribution in [0.3, 0.4) is 0 Å². The van der Waals surface area contributed by atoms with E-state index >= 15 is 0 Å². The van der Waals surface area contributed by atoms with Crippen molar-refractivity contribution < 1.29 is 9.59 Å². The molecule has 0 fully saturated rings. The molecule has 0 unspecified atom stereocenters. The average molecular weight is 743 g/mol. The van der Waals surface area contributed by atoms with Gasteiger partial charge in [0.25, 0.3) is 11.8 Å². The van der Waals surface area contributed by atoms with E-state index in [0.717, 1.165) is 44.2 Å². The summed E-state index contributed by atoms with van der Waals surface area (Å²) < 4.78 is 6.55. The van der Waals surface area contributed by atoms with Crippen LogP contribution in [0.1, 0.15) is 54.9 Å². The number of benzene rings is 3. The number of hydrogen-bond acceptors (Lipinski definition) is 8. The molecule has 2 amide bonds. The number of carbonyl (C=O) groups is 2. The smallest absolute Gasteiger partial charge is 0.261 e. The molecule has 0 saturated carbocycles. The van der Waals surface area contributed by atoms with Crippen molar-refractivity contribution in [1.29, 1.82) is 0 Å². The van der Waals surface area contributed by atoms with Crippen molar-refractivity contribution in [1.82, 2.24) is 49.3 Å². The number of rotatable bonds is 8. The van der Waals surface area contributed by atoms with Crippen LogP contribution in [0.2, 0.25) is 0 Å². The van der Waals surface area contributed by atoms with E-state index in [9.17, 15) is 9.59 Å². The molecule has 1 aliphatic rings. The highest BCUT2D eigenvalue weighted by Gasteiger charge is 2.25. The highest BCUT2D eigenvalue weighted by Crippen LogP contribution is 2.23. The topological polar surface area (TPSA) is 141 Å². The molecule has 0 saturated heterocycles. The average Bonchev–Trinajstić information content (AvgIpc) is 3.87. The predicted molar refractivity (Wildman–Crippen MR) is 193 cm³/mol. The molecule has 0 bridgehead atoms. The quantitative estimate of drug-likeness (QED) is 0.215. The lowest BCUT2D eigenvalue weighted by Gasteiger charge is -2.28. The van der Waals surface area contributed by atoms with E-state index in [2.05, 4.69) is 68.5 Å². The van der Waals surface area contributed by atoms with Crippen molar-refractivity contribution >= 4 is 39.1 Å². The molecular formula is C37H32BrN11O2. The number of nitrogens with zero attached hydrogens (tertiary/aromatic N) is 10. The van der Waals surface area contributed by atoms with E-state index in [1.54, 1.807) is 9.20 Å². The Balaban J connectivity index is 0.898. The van der Waals surface area contributed by atoms with Crippen molar-refractivity contribution in [2.75, 3.05) is 11.9 Å². The molecule has 14 heteroatoms. The van der Waals surface area contributed by atoms with Gasteiger partial charge in [-0.1, -0.05) is 57.5 Å². The van der Waals surface area contributed by atoms with Crippen LogP contribution < -0.4 is 5.32 Å². The molecule has 0 radical (unpaired) electrons. The summed E-state index contributed by atoms with van der Waals surface area (Å²) in [7, 11) is 0. The lowest BCUT2D eigenvalue weighted by molar-refractivity contribution is 0.0706. The van der Waals surface area contributed by atoms with Crippen molar-refractivity contribution in [2.24, 2.45) is 0 Å². The van der Waals surface area contributed by atoms with Crippen LogP contribution in [0.15, 0.2) is 95.7 Å². The molecule has 0 atom stereocenters. The summed E-state index contributed by atoms with van der Waals surface area (Å²) in [6.07, 6.45) is 4.07. The largest absolute Gasteiger partial charge is 0.329 e. The van der Waals surface area contributed by atoms with Crippen LogP contribution in [0.4, 0.5) is 5.69 Å². The fraction of sp³-hybridized carbons (Fsp3) is 0.189. The normalized spacial score (nSPS) is 12.6. The standard InChI is InChI=1S/C37H32BrN11O2/c1-23-15-24(2)49-35(40-23)31(19-39-49)36(50)41-30-11-9-27(10-12-30)32-21-47(45-42-32)20-26-6-3-7-28(16-26)37(51)46-13-14-48-33(43-44-34(48)22-46)18-25-5-4-8-29(38)17-25/h3-12,15-17,19,21H,13-14,18,20,22H2,1-2H3,(H,41,50). The molecule has 8 rings (SSSR count). The Morgan fingerprint density at radius 1 is 0.902 bits per heavy atom. The van der Waals surface area contributed by atoms with Gasteiger partial charge in [0.2, 0.25) is 0 Å². The summed E-state index contributed by atoms with van der Waals surface area (Å²) >= 11 is 3.53. The summed E-state index contributed by atoms with van der Waals surface area (Å²) in [6, 6.07) is 25.1. The summed E-state index contributed by atoms with van der Waals surface area (Å²) in [5.74, 6) is 1.35. The number of aromatic nitrogens is 9. The van der Waals surface area contributed by atoms with Crippen molar-refractivity contribution in [3.63, 3.8) is 0 Å².